The Hall–Kier alpha value is -3.58. The molecule has 0 fully saturated rings. The Kier molecular flexibility index (Phi) is 5.29. The van der Waals surface area contributed by atoms with Crippen LogP contribution in [0.5, 0.6) is 5.75 Å². The summed E-state index contributed by atoms with van der Waals surface area (Å²) in [6.45, 7) is 3.01. The molecule has 3 nitrogen and oxygen atoms in total. The normalized spacial score (nSPS) is 18.1. The third-order valence-electron chi connectivity index (χ3n) is 5.94. The molecule has 30 heavy (non-hydrogen) atoms. The van der Waals surface area contributed by atoms with Crippen LogP contribution in [0.15, 0.2) is 72.8 Å². The second-order valence-corrected chi connectivity index (χ2v) is 7.56. The average Bonchev–Trinajstić information content (AvgIpc) is 2.78. The summed E-state index contributed by atoms with van der Waals surface area (Å²) in [7, 11) is 1.68. The number of benzene rings is 3. The first kappa shape index (κ1) is 19.7. The first-order chi connectivity index (χ1) is 14.6. The zero-order chi connectivity index (χ0) is 21.1. The molecule has 0 aliphatic carbocycles. The Morgan fingerprint density at radius 3 is 2.47 bits per heavy atom. The molecule has 0 N–H and O–H groups in total. The van der Waals surface area contributed by atoms with Gasteiger partial charge in [-0.3, -0.25) is 0 Å². The van der Waals surface area contributed by atoms with Gasteiger partial charge in [-0.2, -0.15) is 5.26 Å². The number of anilines is 1. The van der Waals surface area contributed by atoms with E-state index in [0.717, 1.165) is 35.5 Å². The Morgan fingerprint density at radius 2 is 1.80 bits per heavy atom. The number of methoxy groups -OCH3 is 1. The van der Waals surface area contributed by atoms with E-state index >= 15 is 0 Å². The van der Waals surface area contributed by atoms with Gasteiger partial charge < -0.3 is 9.64 Å². The molecule has 0 aromatic heterocycles. The van der Waals surface area contributed by atoms with E-state index in [1.165, 1.54) is 29.3 Å². The third-order valence-corrected chi connectivity index (χ3v) is 5.94. The molecule has 4 rings (SSSR count). The Labute approximate surface area is 176 Å². The summed E-state index contributed by atoms with van der Waals surface area (Å²) in [5.41, 5.74) is 5.11. The molecule has 1 unspecified atom stereocenters. The summed E-state index contributed by atoms with van der Waals surface area (Å²) >= 11 is 0. The fourth-order valence-electron chi connectivity index (χ4n) is 4.35. The molecule has 0 spiro atoms. The van der Waals surface area contributed by atoms with Crippen LogP contribution < -0.4 is 9.64 Å². The van der Waals surface area contributed by atoms with Gasteiger partial charge >= 0.3 is 0 Å². The topological polar surface area (TPSA) is 36.3 Å². The summed E-state index contributed by atoms with van der Waals surface area (Å²) in [6, 6.07) is 23.2. The van der Waals surface area contributed by atoms with Crippen LogP contribution in [0, 0.1) is 17.1 Å². The van der Waals surface area contributed by atoms with Crippen LogP contribution in [-0.2, 0) is 12.0 Å². The molecule has 1 heterocycles. The van der Waals surface area contributed by atoms with Crippen LogP contribution in [0.25, 0.3) is 6.08 Å². The number of fused-ring (bicyclic) bond motifs is 1. The highest BCUT2D eigenvalue weighted by Crippen LogP contribution is 2.44. The van der Waals surface area contributed by atoms with Crippen molar-refractivity contribution in [2.45, 2.75) is 18.9 Å². The maximum Gasteiger partial charge on any atom is 0.123 e. The van der Waals surface area contributed by atoms with E-state index in [4.69, 9.17) is 10.00 Å². The first-order valence-corrected chi connectivity index (χ1v) is 9.93. The maximum absolute atomic E-state index is 13.6. The minimum atomic E-state index is -0.435. The SMILES string of the molecule is COc1ccc2c(c1)CCN(c1ccc(F)cc1)C2(C)c1ccc(C=CC#N)cc1. The van der Waals surface area contributed by atoms with Crippen LogP contribution >= 0.6 is 0 Å². The largest absolute Gasteiger partial charge is 0.497 e. The molecular formula is C26H23FN2O. The molecular weight excluding hydrogens is 375 g/mol. The highest BCUT2D eigenvalue weighted by atomic mass is 19.1. The highest BCUT2D eigenvalue weighted by molar-refractivity contribution is 5.61. The van der Waals surface area contributed by atoms with Crippen molar-refractivity contribution in [3.05, 3.63) is 101 Å². The average molecular weight is 398 g/mol. The van der Waals surface area contributed by atoms with E-state index in [1.54, 1.807) is 13.2 Å². The minimum Gasteiger partial charge on any atom is -0.497 e. The molecule has 3 aromatic rings. The second-order valence-electron chi connectivity index (χ2n) is 7.56. The van der Waals surface area contributed by atoms with Gasteiger partial charge in [0.15, 0.2) is 0 Å². The van der Waals surface area contributed by atoms with Gasteiger partial charge in [0.1, 0.15) is 11.6 Å². The monoisotopic (exact) mass is 398 g/mol. The predicted octanol–water partition coefficient (Wildman–Crippen LogP) is 5.70. The lowest BCUT2D eigenvalue weighted by Crippen LogP contribution is -2.49. The molecule has 3 aromatic carbocycles. The van der Waals surface area contributed by atoms with Crippen molar-refractivity contribution in [2.24, 2.45) is 0 Å². The van der Waals surface area contributed by atoms with Crippen molar-refractivity contribution in [3.63, 3.8) is 0 Å². The Balaban J connectivity index is 1.86. The molecule has 0 amide bonds. The quantitative estimate of drug-likeness (QED) is 0.529. The minimum absolute atomic E-state index is 0.240. The second kappa shape index (κ2) is 8.04. The first-order valence-electron chi connectivity index (χ1n) is 9.93. The van der Waals surface area contributed by atoms with E-state index < -0.39 is 5.54 Å². The van der Waals surface area contributed by atoms with Gasteiger partial charge in [-0.05, 0) is 78.1 Å². The van der Waals surface area contributed by atoms with Gasteiger partial charge in [-0.15, -0.1) is 0 Å². The number of hydrogen-bond acceptors (Lipinski definition) is 3. The van der Waals surface area contributed by atoms with E-state index in [2.05, 4.69) is 36.1 Å². The van der Waals surface area contributed by atoms with Gasteiger partial charge in [-0.25, -0.2) is 4.39 Å². The summed E-state index contributed by atoms with van der Waals surface area (Å²) < 4.78 is 19.0. The Morgan fingerprint density at radius 1 is 1.07 bits per heavy atom. The lowest BCUT2D eigenvalue weighted by Gasteiger charge is -2.48. The molecule has 150 valence electrons. The molecule has 4 heteroatoms. The predicted molar refractivity (Wildman–Crippen MR) is 118 cm³/mol. The summed E-state index contributed by atoms with van der Waals surface area (Å²) in [4.78, 5) is 2.33. The van der Waals surface area contributed by atoms with Crippen LogP contribution in [0.4, 0.5) is 10.1 Å². The number of ether oxygens (including phenoxy) is 1. The van der Waals surface area contributed by atoms with Gasteiger partial charge in [0.25, 0.3) is 0 Å². The van der Waals surface area contributed by atoms with Gasteiger partial charge in [0.05, 0.1) is 18.7 Å². The molecule has 0 bridgehead atoms. The number of nitriles is 1. The van der Waals surface area contributed by atoms with Crippen molar-refractivity contribution < 1.29 is 9.13 Å². The van der Waals surface area contributed by atoms with E-state index in [1.807, 2.05) is 36.4 Å². The molecule has 0 radical (unpaired) electrons. The van der Waals surface area contributed by atoms with Crippen molar-refractivity contribution in [2.75, 3.05) is 18.6 Å². The number of allylic oxidation sites excluding steroid dienone is 1. The van der Waals surface area contributed by atoms with Crippen molar-refractivity contribution >= 4 is 11.8 Å². The van der Waals surface area contributed by atoms with Crippen molar-refractivity contribution in [1.82, 2.24) is 0 Å². The van der Waals surface area contributed by atoms with Crippen LogP contribution in [0.1, 0.15) is 29.2 Å². The number of rotatable bonds is 4. The molecule has 0 saturated heterocycles. The van der Waals surface area contributed by atoms with Crippen molar-refractivity contribution in [1.29, 1.82) is 5.26 Å². The summed E-state index contributed by atoms with van der Waals surface area (Å²) in [6.07, 6.45) is 4.15. The third kappa shape index (κ3) is 3.44. The van der Waals surface area contributed by atoms with E-state index in [9.17, 15) is 4.39 Å². The fraction of sp³-hybridized carbons (Fsp3) is 0.192. The summed E-state index contributed by atoms with van der Waals surface area (Å²) in [5, 5.41) is 8.78. The maximum atomic E-state index is 13.6. The number of halogens is 1. The molecule has 1 atom stereocenters. The zero-order valence-electron chi connectivity index (χ0n) is 17.1. The summed E-state index contributed by atoms with van der Waals surface area (Å²) in [5.74, 6) is 0.611. The van der Waals surface area contributed by atoms with Crippen molar-refractivity contribution in [3.8, 4) is 11.8 Å². The zero-order valence-corrected chi connectivity index (χ0v) is 17.1. The fourth-order valence-corrected chi connectivity index (χ4v) is 4.35. The van der Waals surface area contributed by atoms with Crippen LogP contribution in [-0.4, -0.2) is 13.7 Å². The lowest BCUT2D eigenvalue weighted by molar-refractivity contribution is 0.411. The highest BCUT2D eigenvalue weighted by Gasteiger charge is 2.40. The van der Waals surface area contributed by atoms with E-state index in [-0.39, 0.29) is 5.82 Å². The van der Waals surface area contributed by atoms with Gasteiger partial charge in [-0.1, -0.05) is 30.3 Å². The number of hydrogen-bond donors (Lipinski definition) is 0. The molecule has 1 aliphatic heterocycles. The van der Waals surface area contributed by atoms with Crippen LogP contribution in [0.2, 0.25) is 0 Å². The van der Waals surface area contributed by atoms with Gasteiger partial charge in [0, 0.05) is 18.3 Å². The number of nitrogens with zero attached hydrogens (tertiary/aromatic N) is 2. The van der Waals surface area contributed by atoms with Gasteiger partial charge in [0.2, 0.25) is 0 Å². The molecule has 1 aliphatic rings. The Bertz CT molecular complexity index is 1110. The smallest absolute Gasteiger partial charge is 0.123 e. The standard InChI is InChI=1S/C26H23FN2O/c1-26(21-7-5-19(6-8-21)4-3-16-28)25-14-13-24(30-2)18-20(25)15-17-29(26)23-11-9-22(27)10-12-23/h3-14,18H,15,17H2,1-2H3. The van der Waals surface area contributed by atoms with E-state index in [0.29, 0.717) is 0 Å². The molecule has 0 saturated carbocycles. The van der Waals surface area contributed by atoms with Crippen LogP contribution in [0.3, 0.4) is 0 Å². The lowest BCUT2D eigenvalue weighted by atomic mass is 9.76.